The van der Waals surface area contributed by atoms with Crippen molar-refractivity contribution in [3.63, 3.8) is 0 Å². The summed E-state index contributed by atoms with van der Waals surface area (Å²) in [7, 11) is -27.8. The Bertz CT molecular complexity index is 1350. The number of phosphoric ester groups is 1. The summed E-state index contributed by atoms with van der Waals surface area (Å²) in [4.78, 5) is 89.1. The van der Waals surface area contributed by atoms with E-state index in [0.29, 0.717) is 91.4 Å². The van der Waals surface area contributed by atoms with E-state index in [9.17, 15) is 51.9 Å². The fourth-order valence-corrected chi connectivity index (χ4v) is 9.40. The first-order valence-corrected chi connectivity index (χ1v) is 23.5. The van der Waals surface area contributed by atoms with Crippen LogP contribution in [0.5, 0.6) is 0 Å². The van der Waals surface area contributed by atoms with E-state index in [-0.39, 0.29) is 43.6 Å². The Kier molecular flexibility index (Phi) is 27.8. The van der Waals surface area contributed by atoms with Gasteiger partial charge in [0.15, 0.2) is 0 Å². The van der Waals surface area contributed by atoms with Gasteiger partial charge in [0.1, 0.15) is 0 Å². The Balaban J connectivity index is 3.83. The molecule has 0 spiro atoms. The zero-order chi connectivity index (χ0) is 41.2. The number of rotatable bonds is 35. The summed E-state index contributed by atoms with van der Waals surface area (Å²) < 4.78 is 96.8. The number of nitrogens with one attached hydrogen (secondary N) is 3. The minimum Gasteiger partial charge on any atom is -0.379 e. The fraction of sp³-hybridized carbons (Fsp3) is 0.870. The van der Waals surface area contributed by atoms with E-state index in [0.717, 1.165) is 0 Å². The van der Waals surface area contributed by atoms with Crippen LogP contribution in [-0.2, 0) is 77.9 Å². The first-order valence-electron chi connectivity index (χ1n) is 16.0. The highest BCUT2D eigenvalue weighted by molar-refractivity contribution is 7.71. The van der Waals surface area contributed by atoms with Crippen molar-refractivity contribution in [2.75, 3.05) is 79.6 Å². The van der Waals surface area contributed by atoms with Gasteiger partial charge < -0.3 is 64.3 Å². The molecule has 0 rings (SSSR count). The van der Waals surface area contributed by atoms with E-state index < -0.39 is 45.7 Å². The molecule has 0 aromatic rings. The van der Waals surface area contributed by atoms with Gasteiger partial charge in [0.25, 0.3) is 0 Å². The molecule has 3 amide bonds. The summed E-state index contributed by atoms with van der Waals surface area (Å²) in [5.41, 5.74) is 0. The lowest BCUT2D eigenvalue weighted by Crippen LogP contribution is -2.28. The van der Waals surface area contributed by atoms with E-state index in [1.807, 2.05) is 0 Å². The predicted octanol–water partition coefficient (Wildman–Crippen LogP) is 0.729. The lowest BCUT2D eigenvalue weighted by Gasteiger charge is -2.19. The monoisotopic (exact) mass is 891 g/mol. The first-order chi connectivity index (χ1) is 25.1. The maximum Gasteiger partial charge on any atom is 0.490 e. The minimum atomic E-state index is -6.16. The Morgan fingerprint density at radius 2 is 0.870 bits per heavy atom. The molecule has 0 aliphatic rings. The van der Waals surface area contributed by atoms with Crippen LogP contribution in [0, 0.1) is 0 Å². The normalized spacial score (nSPS) is 16.4. The third-order valence-electron chi connectivity index (χ3n) is 5.72. The van der Waals surface area contributed by atoms with E-state index in [1.165, 1.54) is 0 Å². The molecular formula is C23H50N3O23P5. The second-order valence-electron chi connectivity index (χ2n) is 10.4. The van der Waals surface area contributed by atoms with Gasteiger partial charge in [0.2, 0.25) is 17.7 Å². The smallest absolute Gasteiger partial charge is 0.379 e. The van der Waals surface area contributed by atoms with Gasteiger partial charge in [-0.15, -0.1) is 0 Å². The summed E-state index contributed by atoms with van der Waals surface area (Å²) in [5.74, 6) is -0.597. The second kappa shape index (κ2) is 28.4. The molecule has 0 heterocycles. The van der Waals surface area contributed by atoms with Crippen molar-refractivity contribution >= 4 is 56.8 Å². The maximum atomic E-state index is 12.0. The van der Waals surface area contributed by atoms with Crippen molar-refractivity contribution in [2.45, 2.75) is 51.4 Å². The van der Waals surface area contributed by atoms with Gasteiger partial charge in [-0.25, -0.2) is 22.8 Å². The van der Waals surface area contributed by atoms with Crippen LogP contribution < -0.4 is 16.0 Å². The number of amides is 3. The zero-order valence-corrected chi connectivity index (χ0v) is 33.8. The van der Waals surface area contributed by atoms with Crippen molar-refractivity contribution in [1.29, 1.82) is 0 Å². The molecule has 4 atom stereocenters. The molecule has 0 fully saturated rings. The maximum absolute atomic E-state index is 12.0. The van der Waals surface area contributed by atoms with Crippen LogP contribution in [0.4, 0.5) is 0 Å². The van der Waals surface area contributed by atoms with Gasteiger partial charge >= 0.3 is 39.1 Å². The standard InChI is InChI=1S/C23H50N3O23P5/c1-24-21(27)9-13-41-15-17-43-19-20-44-18-16-42-14-11-26-23(29)8-6-7-22(28)25-10-4-2-3-5-12-45-51(33,34)47-53(37,38)49-54(39,40)48-52(35,36)46-50(30,31)32/h2-20H2,1H3,(H,24,27)(H,25,28)(H,26,29)(H,33,34)(H,35,36)(H,37,38)(H,39,40)(H2,30,31,32). The molecule has 0 saturated carbocycles. The summed E-state index contributed by atoms with van der Waals surface area (Å²) >= 11 is 0. The van der Waals surface area contributed by atoms with E-state index in [1.54, 1.807) is 7.05 Å². The first kappa shape index (κ1) is 53.0. The molecule has 0 aromatic heterocycles. The molecule has 0 aliphatic heterocycles. The van der Waals surface area contributed by atoms with Gasteiger partial charge in [-0.05, 0) is 19.3 Å². The van der Waals surface area contributed by atoms with Crippen molar-refractivity contribution in [3.8, 4) is 0 Å². The van der Waals surface area contributed by atoms with Gasteiger partial charge in [0, 0.05) is 39.4 Å². The van der Waals surface area contributed by atoms with Crippen LogP contribution in [0.1, 0.15) is 51.4 Å². The highest BCUT2D eigenvalue weighted by Crippen LogP contribution is 2.73. The third kappa shape index (κ3) is 34.2. The van der Waals surface area contributed by atoms with Crippen LogP contribution in [0.2, 0.25) is 0 Å². The quantitative estimate of drug-likeness (QED) is 0.0313. The Morgan fingerprint density at radius 3 is 1.37 bits per heavy atom. The molecular weight excluding hydrogens is 841 g/mol. The van der Waals surface area contributed by atoms with Crippen LogP contribution in [0.3, 0.4) is 0 Å². The molecule has 0 radical (unpaired) electrons. The topological polar surface area (TPSA) is 377 Å². The molecule has 0 aliphatic carbocycles. The van der Waals surface area contributed by atoms with Crippen molar-refractivity contribution in [3.05, 3.63) is 0 Å². The molecule has 31 heteroatoms. The van der Waals surface area contributed by atoms with Crippen LogP contribution in [-0.4, -0.2) is 127 Å². The summed E-state index contributed by atoms with van der Waals surface area (Å²) in [6.07, 6.45) is 2.38. The molecule has 0 bridgehead atoms. The fourth-order valence-electron chi connectivity index (χ4n) is 3.48. The molecule has 320 valence electrons. The average molecular weight is 892 g/mol. The molecule has 0 saturated heterocycles. The number of unbranched alkanes of at least 4 members (excludes halogenated alkanes) is 3. The van der Waals surface area contributed by atoms with Gasteiger partial charge in [0.05, 0.1) is 59.5 Å². The van der Waals surface area contributed by atoms with E-state index >= 15 is 0 Å². The minimum absolute atomic E-state index is 0.0903. The summed E-state index contributed by atoms with van der Waals surface area (Å²) in [6, 6.07) is 0. The van der Waals surface area contributed by atoms with Crippen molar-refractivity contribution < 1.29 is 107 Å². The number of carbonyl (C=O) groups excluding carboxylic acids is 3. The number of ether oxygens (including phenoxy) is 4. The van der Waals surface area contributed by atoms with Gasteiger partial charge in [-0.1, -0.05) is 12.8 Å². The number of hydrogen-bond donors (Lipinski definition) is 9. The zero-order valence-electron chi connectivity index (χ0n) is 29.3. The SMILES string of the molecule is CNC(=O)CCOCCOCCOCCOCCNC(=O)CCCC(=O)NCCCCCCOP(=O)(O)OP(=O)(O)OP(=O)(O)OP(=O)(O)OP(=O)(O)O. The molecule has 4 unspecified atom stereocenters. The molecule has 54 heavy (non-hydrogen) atoms. The van der Waals surface area contributed by atoms with E-state index in [4.69, 9.17) is 33.6 Å². The van der Waals surface area contributed by atoms with Crippen molar-refractivity contribution in [2.24, 2.45) is 0 Å². The van der Waals surface area contributed by atoms with Crippen LogP contribution in [0.15, 0.2) is 0 Å². The Morgan fingerprint density at radius 1 is 0.444 bits per heavy atom. The number of hydrogen-bond acceptors (Lipinski definition) is 17. The van der Waals surface area contributed by atoms with Gasteiger partial charge in [-0.3, -0.25) is 18.9 Å². The summed E-state index contributed by atoms with van der Waals surface area (Å²) in [5, 5.41) is 7.85. The number of phosphoric acid groups is 5. The van der Waals surface area contributed by atoms with Crippen LogP contribution in [0.25, 0.3) is 0 Å². The summed E-state index contributed by atoms with van der Waals surface area (Å²) in [6.45, 7) is 2.89. The lowest BCUT2D eigenvalue weighted by molar-refractivity contribution is -0.123. The molecule has 0 aromatic carbocycles. The third-order valence-corrected chi connectivity index (χ3v) is 12.9. The lowest BCUT2D eigenvalue weighted by atomic mass is 10.2. The average Bonchev–Trinajstić information content (AvgIpc) is 3.00. The molecule has 26 nitrogen and oxygen atoms in total. The largest absolute Gasteiger partial charge is 0.490 e. The number of carbonyl (C=O) groups is 3. The van der Waals surface area contributed by atoms with E-state index in [2.05, 4.69) is 37.7 Å². The second-order valence-corrected chi connectivity index (χ2v) is 18.0. The Labute approximate surface area is 310 Å². The highest BCUT2D eigenvalue weighted by atomic mass is 31.3. The predicted molar refractivity (Wildman–Crippen MR) is 182 cm³/mol. The van der Waals surface area contributed by atoms with Crippen molar-refractivity contribution in [1.82, 2.24) is 16.0 Å². The van der Waals surface area contributed by atoms with Crippen LogP contribution >= 0.6 is 39.1 Å². The van der Waals surface area contributed by atoms with Gasteiger partial charge in [-0.2, -0.15) is 17.2 Å². The molecule has 9 N–H and O–H groups in total. The highest BCUT2D eigenvalue weighted by Gasteiger charge is 2.47. The Hall–Kier alpha value is -1.04.